The molecular weight excluding hydrogens is 404 g/mol. The van der Waals surface area contributed by atoms with Gasteiger partial charge in [0.25, 0.3) is 0 Å². The second-order valence-electron chi connectivity index (χ2n) is 10.3. The molecule has 2 saturated carbocycles. The lowest BCUT2D eigenvalue weighted by Gasteiger charge is -2.40. The molecule has 172 valence electrons. The third kappa shape index (κ3) is 4.04. The maximum atomic E-state index is 13.4. The van der Waals surface area contributed by atoms with Gasteiger partial charge in [-0.3, -0.25) is 14.4 Å². The van der Waals surface area contributed by atoms with Crippen LogP contribution in [0.4, 0.5) is 0 Å². The van der Waals surface area contributed by atoms with E-state index in [1.807, 2.05) is 23.1 Å². The summed E-state index contributed by atoms with van der Waals surface area (Å²) in [5.41, 5.74) is 0.746. The molecule has 1 aromatic rings. The average Bonchev–Trinajstić information content (AvgIpc) is 3.42. The number of ether oxygens (including phenoxy) is 1. The van der Waals surface area contributed by atoms with E-state index in [-0.39, 0.29) is 41.5 Å². The van der Waals surface area contributed by atoms with Crippen molar-refractivity contribution in [3.63, 3.8) is 0 Å². The summed E-state index contributed by atoms with van der Waals surface area (Å²) in [5, 5.41) is 3.11. The number of esters is 1. The Balaban J connectivity index is 1.12. The molecule has 2 aliphatic heterocycles. The van der Waals surface area contributed by atoms with Crippen molar-refractivity contribution in [2.45, 2.75) is 69.8 Å². The molecule has 4 aliphatic rings. The summed E-state index contributed by atoms with van der Waals surface area (Å²) in [6.07, 6.45) is 8.61. The number of carbonyl (C=O) groups excluding carboxylic acids is 3. The van der Waals surface area contributed by atoms with Gasteiger partial charge in [-0.05, 0) is 62.3 Å². The van der Waals surface area contributed by atoms with Crippen LogP contribution in [-0.4, -0.2) is 47.9 Å². The van der Waals surface area contributed by atoms with Crippen molar-refractivity contribution in [1.82, 2.24) is 10.2 Å². The molecule has 2 atom stereocenters. The number of hydrogen-bond donors (Lipinski definition) is 1. The molecular formula is C26H34N2O4. The fourth-order valence-electron chi connectivity index (χ4n) is 6.37. The van der Waals surface area contributed by atoms with Crippen molar-refractivity contribution in [2.75, 3.05) is 19.6 Å². The summed E-state index contributed by atoms with van der Waals surface area (Å²) in [4.78, 5) is 40.1. The number of carbonyl (C=O) groups is 3. The van der Waals surface area contributed by atoms with E-state index in [1.54, 1.807) is 0 Å². The van der Waals surface area contributed by atoms with E-state index in [0.29, 0.717) is 19.6 Å². The van der Waals surface area contributed by atoms with Crippen molar-refractivity contribution in [3.8, 4) is 0 Å². The SMILES string of the molecule is O=C1C[C@H](C(=O)N2CCC3(CC2)C[C@@H]3C(=O)NCCc2ccccc2)C2(CCCCC2)O1. The zero-order valence-corrected chi connectivity index (χ0v) is 18.8. The van der Waals surface area contributed by atoms with Crippen LogP contribution < -0.4 is 5.32 Å². The van der Waals surface area contributed by atoms with E-state index >= 15 is 0 Å². The number of nitrogens with one attached hydrogen (secondary N) is 1. The number of amides is 2. The molecule has 2 spiro atoms. The van der Waals surface area contributed by atoms with Gasteiger partial charge in [0.15, 0.2) is 0 Å². The maximum Gasteiger partial charge on any atom is 0.307 e. The molecule has 2 aliphatic carbocycles. The topological polar surface area (TPSA) is 75.7 Å². The molecule has 2 saturated heterocycles. The van der Waals surface area contributed by atoms with Gasteiger partial charge in [0.1, 0.15) is 5.60 Å². The van der Waals surface area contributed by atoms with E-state index < -0.39 is 5.60 Å². The van der Waals surface area contributed by atoms with Gasteiger partial charge < -0.3 is 15.0 Å². The van der Waals surface area contributed by atoms with Gasteiger partial charge in [-0.25, -0.2) is 0 Å². The van der Waals surface area contributed by atoms with Gasteiger partial charge in [0.05, 0.1) is 12.3 Å². The number of benzene rings is 1. The number of likely N-dealkylation sites (tertiary alicyclic amines) is 1. The number of nitrogens with zero attached hydrogens (tertiary/aromatic N) is 1. The van der Waals surface area contributed by atoms with Crippen LogP contribution >= 0.6 is 0 Å². The molecule has 1 N–H and O–H groups in total. The van der Waals surface area contributed by atoms with E-state index in [0.717, 1.165) is 57.8 Å². The Labute approximate surface area is 190 Å². The van der Waals surface area contributed by atoms with E-state index in [4.69, 9.17) is 4.74 Å². The summed E-state index contributed by atoms with van der Waals surface area (Å²) < 4.78 is 5.75. The lowest BCUT2D eigenvalue weighted by atomic mass is 9.75. The molecule has 2 heterocycles. The first-order valence-corrected chi connectivity index (χ1v) is 12.3. The number of rotatable bonds is 5. The van der Waals surface area contributed by atoms with Crippen molar-refractivity contribution in [3.05, 3.63) is 35.9 Å². The fourth-order valence-corrected chi connectivity index (χ4v) is 6.37. The van der Waals surface area contributed by atoms with Gasteiger partial charge >= 0.3 is 5.97 Å². The second-order valence-corrected chi connectivity index (χ2v) is 10.3. The molecule has 6 heteroatoms. The second kappa shape index (κ2) is 8.53. The quantitative estimate of drug-likeness (QED) is 0.716. The minimum absolute atomic E-state index is 0.0676. The van der Waals surface area contributed by atoms with Crippen LogP contribution in [0.3, 0.4) is 0 Å². The molecule has 1 aromatic carbocycles. The van der Waals surface area contributed by atoms with Crippen LogP contribution in [-0.2, 0) is 25.5 Å². The lowest BCUT2D eigenvalue weighted by Crippen LogP contribution is -2.49. The summed E-state index contributed by atoms with van der Waals surface area (Å²) in [6.45, 7) is 2.04. The van der Waals surface area contributed by atoms with Crippen molar-refractivity contribution >= 4 is 17.8 Å². The normalized spacial score (nSPS) is 27.9. The Morgan fingerprint density at radius 3 is 2.44 bits per heavy atom. The first-order valence-electron chi connectivity index (χ1n) is 12.3. The Kier molecular flexibility index (Phi) is 5.72. The molecule has 32 heavy (non-hydrogen) atoms. The first-order chi connectivity index (χ1) is 15.5. The third-order valence-corrected chi connectivity index (χ3v) is 8.45. The van der Waals surface area contributed by atoms with Gasteiger partial charge in [0, 0.05) is 25.6 Å². The zero-order chi connectivity index (χ0) is 22.2. The summed E-state index contributed by atoms with van der Waals surface area (Å²) in [7, 11) is 0. The Hall–Kier alpha value is -2.37. The number of hydrogen-bond acceptors (Lipinski definition) is 4. The Bertz CT molecular complexity index is 869. The van der Waals surface area contributed by atoms with Gasteiger partial charge in [0.2, 0.25) is 11.8 Å². The smallest absolute Gasteiger partial charge is 0.307 e. The largest absolute Gasteiger partial charge is 0.458 e. The zero-order valence-electron chi connectivity index (χ0n) is 18.8. The van der Waals surface area contributed by atoms with E-state index in [9.17, 15) is 14.4 Å². The highest BCUT2D eigenvalue weighted by atomic mass is 16.6. The molecule has 5 rings (SSSR count). The maximum absolute atomic E-state index is 13.4. The molecule has 2 amide bonds. The van der Waals surface area contributed by atoms with Crippen LogP contribution in [0.5, 0.6) is 0 Å². The minimum atomic E-state index is -0.553. The molecule has 6 nitrogen and oxygen atoms in total. The van der Waals surface area contributed by atoms with Crippen LogP contribution in [0.15, 0.2) is 30.3 Å². The highest BCUT2D eigenvalue weighted by Gasteiger charge is 2.60. The molecule has 0 radical (unpaired) electrons. The third-order valence-electron chi connectivity index (χ3n) is 8.45. The van der Waals surface area contributed by atoms with E-state index in [2.05, 4.69) is 17.4 Å². The fraction of sp³-hybridized carbons (Fsp3) is 0.654. The van der Waals surface area contributed by atoms with Gasteiger partial charge in [-0.2, -0.15) is 0 Å². The van der Waals surface area contributed by atoms with Crippen LogP contribution in [0.1, 0.15) is 63.4 Å². The van der Waals surface area contributed by atoms with Crippen molar-refractivity contribution in [2.24, 2.45) is 17.3 Å². The highest BCUT2D eigenvalue weighted by molar-refractivity contribution is 5.88. The highest BCUT2D eigenvalue weighted by Crippen LogP contribution is 2.59. The van der Waals surface area contributed by atoms with Crippen molar-refractivity contribution < 1.29 is 19.1 Å². The monoisotopic (exact) mass is 438 g/mol. The summed E-state index contributed by atoms with van der Waals surface area (Å²) in [6, 6.07) is 10.2. The Morgan fingerprint density at radius 1 is 1.00 bits per heavy atom. The minimum Gasteiger partial charge on any atom is -0.458 e. The Morgan fingerprint density at radius 2 is 1.72 bits per heavy atom. The van der Waals surface area contributed by atoms with Crippen LogP contribution in [0.25, 0.3) is 0 Å². The first kappa shape index (κ1) is 21.5. The summed E-state index contributed by atoms with van der Waals surface area (Å²) in [5.74, 6) is -0.195. The predicted octanol–water partition coefficient (Wildman–Crippen LogP) is 3.24. The van der Waals surface area contributed by atoms with Crippen LogP contribution in [0.2, 0.25) is 0 Å². The van der Waals surface area contributed by atoms with Gasteiger partial charge in [-0.15, -0.1) is 0 Å². The van der Waals surface area contributed by atoms with Gasteiger partial charge in [-0.1, -0.05) is 36.8 Å². The van der Waals surface area contributed by atoms with E-state index in [1.165, 1.54) is 5.56 Å². The van der Waals surface area contributed by atoms with Crippen molar-refractivity contribution in [1.29, 1.82) is 0 Å². The number of piperidine rings is 1. The molecule has 0 unspecified atom stereocenters. The molecule has 0 aromatic heterocycles. The average molecular weight is 439 g/mol. The standard InChI is InChI=1S/C26H34N2O4/c29-22-17-20(26(32-22)10-5-2-6-11-26)24(31)28-15-12-25(13-16-28)18-21(25)23(30)27-14-9-19-7-3-1-4-8-19/h1,3-4,7-8,20-21H,2,5-6,9-18H2,(H,27,30)/t20-,21-/m1/s1. The molecule has 4 fully saturated rings. The van der Waals surface area contributed by atoms with Crippen LogP contribution in [0, 0.1) is 17.3 Å². The lowest BCUT2D eigenvalue weighted by molar-refractivity contribution is -0.156. The predicted molar refractivity (Wildman–Crippen MR) is 120 cm³/mol. The molecule has 0 bridgehead atoms. The summed E-state index contributed by atoms with van der Waals surface area (Å²) >= 11 is 0.